The van der Waals surface area contributed by atoms with Crippen molar-refractivity contribution in [1.82, 2.24) is 5.32 Å². The van der Waals surface area contributed by atoms with Gasteiger partial charge in [0.2, 0.25) is 0 Å². The number of carbonyl (C=O) groups is 1. The van der Waals surface area contributed by atoms with E-state index in [1.54, 1.807) is 0 Å². The maximum atomic E-state index is 10.1. The van der Waals surface area contributed by atoms with E-state index < -0.39 is 15.4 Å². The van der Waals surface area contributed by atoms with Crippen molar-refractivity contribution < 1.29 is 17.8 Å². The van der Waals surface area contributed by atoms with Gasteiger partial charge in [-0.2, -0.15) is 8.42 Å². The molecular weight excluding hydrogens is 190 g/mol. The summed E-state index contributed by atoms with van der Waals surface area (Å²) in [5, 5.41) is 1.75. The number of thiol groups is 1. The van der Waals surface area contributed by atoms with Crippen LogP contribution in [0, 0.1) is 0 Å². The molecule has 0 aliphatic rings. The zero-order valence-electron chi connectivity index (χ0n) is 5.65. The largest absolute Gasteiger partial charge is 0.347 e. The number of nitrogens with one attached hydrogen (secondary N) is 1. The molecule has 0 heterocycles. The van der Waals surface area contributed by atoms with Crippen molar-refractivity contribution in [2.24, 2.45) is 0 Å². The Labute approximate surface area is 70.3 Å². The molecule has 0 spiro atoms. The van der Waals surface area contributed by atoms with Crippen LogP contribution in [0.4, 0.5) is 4.79 Å². The minimum Gasteiger partial charge on any atom is -0.347 e. The molecule has 0 aromatic carbocycles. The summed E-state index contributed by atoms with van der Waals surface area (Å²) < 4.78 is 28.4. The zero-order valence-corrected chi connectivity index (χ0v) is 7.36. The fourth-order valence-electron chi connectivity index (χ4n) is 0.450. The van der Waals surface area contributed by atoms with Crippen LogP contribution in [0.5, 0.6) is 0 Å². The normalized spacial score (nSPS) is 11.1. The fraction of sp³-hybridized carbons (Fsp3) is 0.750. The third-order valence-electron chi connectivity index (χ3n) is 0.855. The highest BCUT2D eigenvalue weighted by atomic mass is 32.2. The lowest BCUT2D eigenvalue weighted by molar-refractivity contribution is 0.261. The van der Waals surface area contributed by atoms with Gasteiger partial charge in [-0.3, -0.25) is 9.35 Å². The number of rotatable bonds is 4. The van der Waals surface area contributed by atoms with Gasteiger partial charge in [0, 0.05) is 6.54 Å². The predicted octanol–water partition coefficient (Wildman–Crippen LogP) is -0.0963. The van der Waals surface area contributed by atoms with E-state index in [2.05, 4.69) is 17.9 Å². The lowest BCUT2D eigenvalue weighted by Gasteiger charge is -1.98. The summed E-state index contributed by atoms with van der Waals surface area (Å²) in [4.78, 5) is 10.1. The molecule has 0 aliphatic carbocycles. The summed E-state index contributed by atoms with van der Waals surface area (Å²) in [6.07, 6.45) is 0.186. The van der Waals surface area contributed by atoms with Gasteiger partial charge in [0.1, 0.15) is 0 Å². The Morgan fingerprint density at radius 2 is 2.09 bits per heavy atom. The van der Waals surface area contributed by atoms with Gasteiger partial charge in [-0.05, 0) is 6.42 Å². The molecule has 0 rings (SSSR count). The molecule has 66 valence electrons. The molecule has 0 aliphatic heterocycles. The molecule has 1 amide bonds. The van der Waals surface area contributed by atoms with Crippen molar-refractivity contribution >= 4 is 28.0 Å². The Morgan fingerprint density at radius 3 is 2.45 bits per heavy atom. The van der Waals surface area contributed by atoms with Gasteiger partial charge >= 0.3 is 0 Å². The van der Waals surface area contributed by atoms with E-state index in [-0.39, 0.29) is 18.7 Å². The summed E-state index contributed by atoms with van der Waals surface area (Å²) in [6, 6.07) is 0. The second-order valence-electron chi connectivity index (χ2n) is 1.87. The SMILES string of the molecule is O=C(S)NCCCS(=O)(=O)O. The van der Waals surface area contributed by atoms with Crippen LogP contribution in [-0.4, -0.2) is 30.5 Å². The lowest BCUT2D eigenvalue weighted by atomic mass is 10.5. The molecule has 0 atom stereocenters. The number of hydrogen-bond donors (Lipinski definition) is 3. The number of carbonyl (C=O) groups excluding carboxylic acids is 1. The van der Waals surface area contributed by atoms with E-state index in [4.69, 9.17) is 4.55 Å². The third kappa shape index (κ3) is 9.73. The first-order chi connectivity index (χ1) is 4.92. The van der Waals surface area contributed by atoms with Crippen molar-refractivity contribution in [2.45, 2.75) is 6.42 Å². The second-order valence-corrected chi connectivity index (χ2v) is 3.85. The van der Waals surface area contributed by atoms with E-state index in [0.29, 0.717) is 0 Å². The van der Waals surface area contributed by atoms with Gasteiger partial charge in [0.25, 0.3) is 15.4 Å². The standard InChI is InChI=1S/C4H9NO4S2/c6-4(10)5-2-1-3-11(7,8)9/h1-3H2,(H2,5,6,10)(H,7,8,9). The van der Waals surface area contributed by atoms with E-state index in [1.807, 2.05) is 0 Å². The third-order valence-corrected chi connectivity index (χ3v) is 1.82. The Bertz CT molecular complexity index is 222. The average Bonchev–Trinajstić information content (AvgIpc) is 1.78. The van der Waals surface area contributed by atoms with Gasteiger partial charge in [0.05, 0.1) is 5.75 Å². The molecule has 11 heavy (non-hydrogen) atoms. The van der Waals surface area contributed by atoms with E-state index in [9.17, 15) is 13.2 Å². The van der Waals surface area contributed by atoms with Crippen molar-refractivity contribution in [3.8, 4) is 0 Å². The smallest absolute Gasteiger partial charge is 0.275 e. The highest BCUT2D eigenvalue weighted by Crippen LogP contribution is 1.86. The number of hydrogen-bond acceptors (Lipinski definition) is 3. The summed E-state index contributed by atoms with van der Waals surface area (Å²) in [5.74, 6) is -0.346. The summed E-state index contributed by atoms with van der Waals surface area (Å²) >= 11 is 3.38. The lowest BCUT2D eigenvalue weighted by Crippen LogP contribution is -2.20. The molecule has 7 heteroatoms. The Kier molecular flexibility index (Phi) is 4.46. The monoisotopic (exact) mass is 199 g/mol. The quantitative estimate of drug-likeness (QED) is 0.335. The Morgan fingerprint density at radius 1 is 1.55 bits per heavy atom. The van der Waals surface area contributed by atoms with Gasteiger partial charge in [0.15, 0.2) is 0 Å². The minimum absolute atomic E-state index is 0.186. The summed E-state index contributed by atoms with van der Waals surface area (Å²) in [5.41, 5.74) is 0. The average molecular weight is 199 g/mol. The van der Waals surface area contributed by atoms with Gasteiger partial charge in [-0.15, -0.1) is 0 Å². The molecule has 0 bridgehead atoms. The molecule has 0 saturated heterocycles. The summed E-state index contributed by atoms with van der Waals surface area (Å²) in [7, 11) is -3.90. The second kappa shape index (κ2) is 4.58. The van der Waals surface area contributed by atoms with Crippen LogP contribution in [0.2, 0.25) is 0 Å². The number of amides is 1. The van der Waals surface area contributed by atoms with Crippen LogP contribution < -0.4 is 5.32 Å². The molecular formula is C4H9NO4S2. The van der Waals surface area contributed by atoms with Crippen LogP contribution in [0.15, 0.2) is 0 Å². The minimum atomic E-state index is -3.90. The fourth-order valence-corrected chi connectivity index (χ4v) is 1.07. The molecule has 0 fully saturated rings. The van der Waals surface area contributed by atoms with Gasteiger partial charge < -0.3 is 5.32 Å². The van der Waals surface area contributed by atoms with Crippen LogP contribution in [0.25, 0.3) is 0 Å². The van der Waals surface area contributed by atoms with E-state index >= 15 is 0 Å². The van der Waals surface area contributed by atoms with Gasteiger partial charge in [-0.1, -0.05) is 12.6 Å². The first kappa shape index (κ1) is 10.7. The zero-order chi connectivity index (χ0) is 8.91. The Hall–Kier alpha value is -0.270. The van der Waals surface area contributed by atoms with Crippen LogP contribution >= 0.6 is 12.6 Å². The maximum Gasteiger partial charge on any atom is 0.275 e. The molecule has 0 radical (unpaired) electrons. The molecule has 2 N–H and O–H groups in total. The molecule has 0 unspecified atom stereocenters. The molecule has 5 nitrogen and oxygen atoms in total. The van der Waals surface area contributed by atoms with Crippen LogP contribution in [-0.2, 0) is 10.1 Å². The molecule has 0 saturated carbocycles. The van der Waals surface area contributed by atoms with Gasteiger partial charge in [-0.25, -0.2) is 0 Å². The van der Waals surface area contributed by atoms with Crippen molar-refractivity contribution in [3.05, 3.63) is 0 Å². The van der Waals surface area contributed by atoms with Crippen molar-refractivity contribution in [2.75, 3.05) is 12.3 Å². The topological polar surface area (TPSA) is 83.5 Å². The van der Waals surface area contributed by atoms with E-state index in [0.717, 1.165) is 0 Å². The highest BCUT2D eigenvalue weighted by Gasteiger charge is 2.02. The van der Waals surface area contributed by atoms with Crippen LogP contribution in [0.1, 0.15) is 6.42 Å². The predicted molar refractivity (Wildman–Crippen MR) is 43.4 cm³/mol. The first-order valence-electron chi connectivity index (χ1n) is 2.84. The van der Waals surface area contributed by atoms with Crippen molar-refractivity contribution in [3.63, 3.8) is 0 Å². The Balaban J connectivity index is 3.37. The highest BCUT2D eigenvalue weighted by molar-refractivity contribution is 7.96. The van der Waals surface area contributed by atoms with E-state index in [1.165, 1.54) is 0 Å². The maximum absolute atomic E-state index is 10.1. The molecule has 0 aromatic heterocycles. The summed E-state index contributed by atoms with van der Waals surface area (Å²) in [6.45, 7) is 0.197. The first-order valence-corrected chi connectivity index (χ1v) is 4.89. The van der Waals surface area contributed by atoms with Crippen LogP contribution in [0.3, 0.4) is 0 Å². The van der Waals surface area contributed by atoms with Crippen molar-refractivity contribution in [1.29, 1.82) is 0 Å². The molecule has 0 aromatic rings.